The number of hydrogen-bond acceptors (Lipinski definition) is 5. The molecule has 0 spiro atoms. The monoisotopic (exact) mass is 486 g/mol. The minimum Gasteiger partial charge on any atom is -0.322 e. The maximum atomic E-state index is 13.4. The maximum Gasteiger partial charge on any atom is 0.253 e. The van der Waals surface area contributed by atoms with Gasteiger partial charge in [-0.15, -0.1) is 5.10 Å². The van der Waals surface area contributed by atoms with Gasteiger partial charge in [0.1, 0.15) is 11.9 Å². The summed E-state index contributed by atoms with van der Waals surface area (Å²) in [5.41, 5.74) is 4.27. The minimum atomic E-state index is -0.425. The Kier molecular flexibility index (Phi) is 6.30. The average Bonchev–Trinajstić information content (AvgIpc) is 3.36. The van der Waals surface area contributed by atoms with Gasteiger partial charge in [-0.1, -0.05) is 36.8 Å². The molecule has 186 valence electrons. The summed E-state index contributed by atoms with van der Waals surface area (Å²) in [5, 5.41) is 13.8. The molecule has 1 aliphatic rings. The predicted octanol–water partition coefficient (Wildman–Crippen LogP) is 4.99. The van der Waals surface area contributed by atoms with E-state index in [0.29, 0.717) is 24.5 Å². The van der Waals surface area contributed by atoms with Crippen LogP contribution >= 0.6 is 0 Å². The Hall–Kier alpha value is -3.65. The molecular weight excluding hydrogens is 455 g/mol. The average molecular weight is 487 g/mol. The number of aromatic nitrogens is 5. The third-order valence-corrected chi connectivity index (χ3v) is 7.32. The summed E-state index contributed by atoms with van der Waals surface area (Å²) >= 11 is 0. The Bertz CT molecular complexity index is 1480. The van der Waals surface area contributed by atoms with Gasteiger partial charge in [0.2, 0.25) is 0 Å². The largest absolute Gasteiger partial charge is 0.322 e. The Morgan fingerprint density at radius 1 is 1.14 bits per heavy atom. The van der Waals surface area contributed by atoms with Crippen molar-refractivity contribution in [3.63, 3.8) is 0 Å². The SMILES string of the molecule is CCC(C)(C)n1nnnc1[C@@H](c1cc2cc(C)ccc2[nH]c1=O)N1CC=C(c2ccc(F)cc2)CC1. The first-order valence-electron chi connectivity index (χ1n) is 12.4. The van der Waals surface area contributed by atoms with Crippen LogP contribution in [0.4, 0.5) is 4.39 Å². The number of H-pyrrole nitrogens is 1. The van der Waals surface area contributed by atoms with E-state index in [2.05, 4.69) is 58.3 Å². The summed E-state index contributed by atoms with van der Waals surface area (Å²) in [7, 11) is 0. The number of pyridine rings is 1. The fourth-order valence-electron chi connectivity index (χ4n) is 4.84. The smallest absolute Gasteiger partial charge is 0.253 e. The van der Waals surface area contributed by atoms with Gasteiger partial charge >= 0.3 is 0 Å². The molecule has 0 amide bonds. The number of tetrazole rings is 1. The first-order valence-corrected chi connectivity index (χ1v) is 12.4. The molecule has 5 rings (SSSR count). The normalized spacial score (nSPS) is 15.8. The van der Waals surface area contributed by atoms with Crippen LogP contribution in [0.5, 0.6) is 0 Å². The third kappa shape index (κ3) is 4.48. The van der Waals surface area contributed by atoms with E-state index < -0.39 is 6.04 Å². The lowest BCUT2D eigenvalue weighted by molar-refractivity contribution is 0.211. The fourth-order valence-corrected chi connectivity index (χ4v) is 4.84. The van der Waals surface area contributed by atoms with Crippen molar-refractivity contribution in [3.05, 3.63) is 93.3 Å². The molecule has 0 saturated heterocycles. The molecule has 0 fully saturated rings. The van der Waals surface area contributed by atoms with Gasteiger partial charge in [-0.2, -0.15) is 0 Å². The van der Waals surface area contributed by atoms with Gasteiger partial charge in [0, 0.05) is 24.2 Å². The van der Waals surface area contributed by atoms with Gasteiger partial charge in [-0.05, 0) is 90.9 Å². The molecule has 0 unspecified atom stereocenters. The Balaban J connectivity index is 1.61. The van der Waals surface area contributed by atoms with Gasteiger partial charge in [0.25, 0.3) is 5.56 Å². The number of benzene rings is 2. The number of aromatic amines is 1. The summed E-state index contributed by atoms with van der Waals surface area (Å²) in [4.78, 5) is 18.7. The zero-order valence-corrected chi connectivity index (χ0v) is 21.1. The Morgan fingerprint density at radius 3 is 2.61 bits per heavy atom. The second kappa shape index (κ2) is 9.43. The van der Waals surface area contributed by atoms with E-state index in [1.54, 1.807) is 0 Å². The summed E-state index contributed by atoms with van der Waals surface area (Å²) in [6.45, 7) is 9.66. The van der Waals surface area contributed by atoms with Crippen LogP contribution in [0.2, 0.25) is 0 Å². The van der Waals surface area contributed by atoms with Crippen LogP contribution in [-0.2, 0) is 5.54 Å². The molecule has 4 aromatic rings. The third-order valence-electron chi connectivity index (χ3n) is 7.32. The summed E-state index contributed by atoms with van der Waals surface area (Å²) < 4.78 is 15.3. The van der Waals surface area contributed by atoms with E-state index in [-0.39, 0.29) is 16.9 Å². The van der Waals surface area contributed by atoms with Crippen LogP contribution in [0.15, 0.2) is 59.4 Å². The minimum absolute atomic E-state index is 0.145. The van der Waals surface area contributed by atoms with Crippen LogP contribution < -0.4 is 5.56 Å². The summed E-state index contributed by atoms with van der Waals surface area (Å²) in [6.07, 6.45) is 3.76. The molecule has 1 aliphatic heterocycles. The number of aryl methyl sites for hydroxylation is 1. The first kappa shape index (κ1) is 24.1. The van der Waals surface area contributed by atoms with E-state index in [4.69, 9.17) is 0 Å². The summed E-state index contributed by atoms with van der Waals surface area (Å²) in [5.74, 6) is 0.408. The number of fused-ring (bicyclic) bond motifs is 1. The van der Waals surface area contributed by atoms with E-state index >= 15 is 0 Å². The predicted molar refractivity (Wildman–Crippen MR) is 139 cm³/mol. The zero-order valence-electron chi connectivity index (χ0n) is 21.1. The van der Waals surface area contributed by atoms with Gasteiger partial charge in [-0.3, -0.25) is 9.69 Å². The number of halogens is 1. The summed E-state index contributed by atoms with van der Waals surface area (Å²) in [6, 6.07) is 14.2. The molecule has 0 saturated carbocycles. The molecule has 1 N–H and O–H groups in total. The number of nitrogens with zero attached hydrogens (tertiary/aromatic N) is 5. The van der Waals surface area contributed by atoms with Gasteiger partial charge in [0.15, 0.2) is 5.82 Å². The fraction of sp³-hybridized carbons (Fsp3) is 0.357. The van der Waals surface area contributed by atoms with Crippen molar-refractivity contribution in [3.8, 4) is 0 Å². The molecule has 7 nitrogen and oxygen atoms in total. The van der Waals surface area contributed by atoms with Crippen LogP contribution in [0.3, 0.4) is 0 Å². The lowest BCUT2D eigenvalue weighted by Gasteiger charge is -2.35. The topological polar surface area (TPSA) is 79.7 Å². The highest BCUT2D eigenvalue weighted by Crippen LogP contribution is 2.33. The van der Waals surface area contributed by atoms with Crippen molar-refractivity contribution in [2.24, 2.45) is 0 Å². The Morgan fingerprint density at radius 2 is 1.92 bits per heavy atom. The molecule has 0 radical (unpaired) electrons. The zero-order chi connectivity index (χ0) is 25.4. The molecule has 0 aliphatic carbocycles. The van der Waals surface area contributed by atoms with Gasteiger partial charge in [-0.25, -0.2) is 9.07 Å². The van der Waals surface area contributed by atoms with Crippen molar-refractivity contribution in [2.75, 3.05) is 13.1 Å². The van der Waals surface area contributed by atoms with Crippen molar-refractivity contribution in [1.82, 2.24) is 30.1 Å². The lowest BCUT2D eigenvalue weighted by atomic mass is 9.95. The van der Waals surface area contributed by atoms with Crippen LogP contribution in [0, 0.1) is 12.7 Å². The molecule has 0 bridgehead atoms. The lowest BCUT2D eigenvalue weighted by Crippen LogP contribution is -2.40. The molecule has 36 heavy (non-hydrogen) atoms. The highest BCUT2D eigenvalue weighted by Gasteiger charge is 2.34. The van der Waals surface area contributed by atoms with Crippen LogP contribution in [0.25, 0.3) is 16.5 Å². The molecular formula is C28H31FN6O. The molecule has 3 heterocycles. The molecule has 8 heteroatoms. The van der Waals surface area contributed by atoms with Crippen LogP contribution in [-0.4, -0.2) is 43.2 Å². The highest BCUT2D eigenvalue weighted by molar-refractivity contribution is 5.80. The van der Waals surface area contributed by atoms with Crippen molar-refractivity contribution < 1.29 is 4.39 Å². The van der Waals surface area contributed by atoms with Crippen molar-refractivity contribution >= 4 is 16.5 Å². The van der Waals surface area contributed by atoms with E-state index in [1.807, 2.05) is 41.9 Å². The second-order valence-electron chi connectivity index (χ2n) is 10.1. The van der Waals surface area contributed by atoms with E-state index in [0.717, 1.165) is 34.9 Å². The van der Waals surface area contributed by atoms with Gasteiger partial charge < -0.3 is 4.98 Å². The molecule has 2 aromatic heterocycles. The highest BCUT2D eigenvalue weighted by atomic mass is 19.1. The second-order valence-corrected chi connectivity index (χ2v) is 10.1. The molecule has 1 atom stereocenters. The number of nitrogens with one attached hydrogen (secondary N) is 1. The maximum absolute atomic E-state index is 13.4. The van der Waals surface area contributed by atoms with Crippen molar-refractivity contribution in [1.29, 1.82) is 0 Å². The Labute approximate surface area is 209 Å². The van der Waals surface area contributed by atoms with Gasteiger partial charge in [0.05, 0.1) is 5.54 Å². The molecule has 2 aromatic carbocycles. The van der Waals surface area contributed by atoms with E-state index in [1.165, 1.54) is 17.7 Å². The van der Waals surface area contributed by atoms with E-state index in [9.17, 15) is 9.18 Å². The standard InChI is InChI=1S/C28H31FN6O/c1-5-28(3,4)35-26(31-32-33-35)25(23-17-21-16-18(2)6-11-24(21)30-27(23)36)34-14-12-20(13-15-34)19-7-9-22(29)10-8-19/h6-12,16-17,25H,5,13-15H2,1-4H3,(H,30,36)/t25-/m1/s1. The number of rotatable bonds is 6. The number of hydrogen-bond donors (Lipinski definition) is 1. The van der Waals surface area contributed by atoms with Crippen molar-refractivity contribution in [2.45, 2.75) is 52.1 Å². The van der Waals surface area contributed by atoms with Crippen LogP contribution in [0.1, 0.15) is 62.2 Å². The quantitative estimate of drug-likeness (QED) is 0.416. The first-order chi connectivity index (χ1) is 17.3.